The van der Waals surface area contributed by atoms with Crippen molar-refractivity contribution in [2.24, 2.45) is 0 Å². The predicted molar refractivity (Wildman–Crippen MR) is 70.2 cm³/mol. The van der Waals surface area contributed by atoms with Crippen LogP contribution in [-0.2, 0) is 6.54 Å². The topological polar surface area (TPSA) is 41.5 Å². The lowest BCUT2D eigenvalue weighted by Gasteiger charge is -2.08. The molecule has 1 aromatic rings. The van der Waals surface area contributed by atoms with Gasteiger partial charge < -0.3 is 15.2 Å². The van der Waals surface area contributed by atoms with Crippen LogP contribution in [0.4, 0.5) is 4.39 Å². The molecule has 0 amide bonds. The van der Waals surface area contributed by atoms with Crippen LogP contribution in [0.1, 0.15) is 31.2 Å². The molecule has 1 aromatic carbocycles. The van der Waals surface area contributed by atoms with E-state index in [-0.39, 0.29) is 18.2 Å². The molecule has 1 rings (SSSR count). The van der Waals surface area contributed by atoms with Crippen molar-refractivity contribution in [3.8, 4) is 5.75 Å². The van der Waals surface area contributed by atoms with Crippen LogP contribution in [0.2, 0.25) is 0 Å². The minimum Gasteiger partial charge on any atom is -0.494 e. The molecule has 0 aliphatic rings. The molecule has 0 radical (unpaired) electrons. The fraction of sp³-hybridized carbons (Fsp3) is 0.571. The van der Waals surface area contributed by atoms with E-state index in [4.69, 9.17) is 9.84 Å². The smallest absolute Gasteiger partial charge is 0.169 e. The molecule has 0 heterocycles. The van der Waals surface area contributed by atoms with Crippen molar-refractivity contribution < 1.29 is 14.2 Å². The van der Waals surface area contributed by atoms with Crippen LogP contribution in [0.5, 0.6) is 5.75 Å². The average Bonchev–Trinajstić information content (AvgIpc) is 2.39. The number of unbranched alkanes of at least 4 members (excludes halogenated alkanes) is 3. The van der Waals surface area contributed by atoms with E-state index < -0.39 is 0 Å². The quantitative estimate of drug-likeness (QED) is 0.666. The number of aliphatic hydroxyl groups is 1. The Morgan fingerprint density at radius 1 is 1.22 bits per heavy atom. The highest BCUT2D eigenvalue weighted by molar-refractivity contribution is 5.30. The Labute approximate surface area is 108 Å². The maximum Gasteiger partial charge on any atom is 0.169 e. The summed E-state index contributed by atoms with van der Waals surface area (Å²) in [6, 6.07) is 5.17. The predicted octanol–water partition coefficient (Wildman–Crippen LogP) is 2.48. The third-order valence-electron chi connectivity index (χ3n) is 2.84. The normalized spacial score (nSPS) is 10.6. The number of hydrogen-bond donors (Lipinski definition) is 2. The Kier molecular flexibility index (Phi) is 7.37. The Hall–Kier alpha value is -1.13. The number of rotatable bonds is 9. The van der Waals surface area contributed by atoms with Gasteiger partial charge in [0.1, 0.15) is 0 Å². The summed E-state index contributed by atoms with van der Waals surface area (Å²) >= 11 is 0. The summed E-state index contributed by atoms with van der Waals surface area (Å²) in [6.45, 7) is 1.65. The summed E-state index contributed by atoms with van der Waals surface area (Å²) in [7, 11) is 1.47. The van der Waals surface area contributed by atoms with Crippen LogP contribution in [0, 0.1) is 5.82 Å². The molecule has 0 saturated heterocycles. The molecule has 0 aliphatic carbocycles. The van der Waals surface area contributed by atoms with Gasteiger partial charge in [-0.05, 0) is 25.5 Å². The summed E-state index contributed by atoms with van der Waals surface area (Å²) in [4.78, 5) is 0. The highest BCUT2D eigenvalue weighted by Crippen LogP contribution is 2.19. The van der Waals surface area contributed by atoms with Crippen LogP contribution in [-0.4, -0.2) is 25.4 Å². The lowest BCUT2D eigenvalue weighted by Crippen LogP contribution is -2.15. The number of ether oxygens (including phenoxy) is 1. The van der Waals surface area contributed by atoms with Gasteiger partial charge in [0.25, 0.3) is 0 Å². The first kappa shape index (κ1) is 14.9. The van der Waals surface area contributed by atoms with E-state index in [9.17, 15) is 4.39 Å². The minimum atomic E-state index is -0.284. The lowest BCUT2D eigenvalue weighted by atomic mass is 10.2. The molecule has 102 valence electrons. The molecule has 0 fully saturated rings. The zero-order valence-corrected chi connectivity index (χ0v) is 10.9. The van der Waals surface area contributed by atoms with Crippen LogP contribution in [0.25, 0.3) is 0 Å². The zero-order valence-electron chi connectivity index (χ0n) is 10.9. The molecular weight excluding hydrogens is 233 g/mol. The SMILES string of the molecule is COc1cccc(CNCCCCCCO)c1F. The summed E-state index contributed by atoms with van der Waals surface area (Å²) in [5, 5.41) is 11.8. The highest BCUT2D eigenvalue weighted by atomic mass is 19.1. The summed E-state index contributed by atoms with van der Waals surface area (Å²) in [5.41, 5.74) is 0.629. The van der Waals surface area contributed by atoms with E-state index in [0.717, 1.165) is 32.2 Å². The second kappa shape index (κ2) is 8.89. The maximum absolute atomic E-state index is 13.8. The number of benzene rings is 1. The third kappa shape index (κ3) is 5.02. The second-order valence-corrected chi connectivity index (χ2v) is 4.25. The van der Waals surface area contributed by atoms with Gasteiger partial charge in [-0.3, -0.25) is 0 Å². The summed E-state index contributed by atoms with van der Waals surface area (Å²) < 4.78 is 18.7. The van der Waals surface area contributed by atoms with Crippen molar-refractivity contribution in [1.29, 1.82) is 0 Å². The summed E-state index contributed by atoms with van der Waals surface area (Å²) in [6.07, 6.45) is 4.05. The molecule has 0 bridgehead atoms. The van der Waals surface area contributed by atoms with Crippen LogP contribution < -0.4 is 10.1 Å². The number of aliphatic hydroxyl groups excluding tert-OH is 1. The van der Waals surface area contributed by atoms with E-state index in [1.807, 2.05) is 0 Å². The third-order valence-corrected chi connectivity index (χ3v) is 2.84. The van der Waals surface area contributed by atoms with Gasteiger partial charge in [-0.1, -0.05) is 25.0 Å². The molecule has 0 atom stereocenters. The standard InChI is InChI=1S/C14H22FNO2/c1-18-13-8-6-7-12(14(13)15)11-16-9-4-2-3-5-10-17/h6-8,16-17H,2-5,9-11H2,1H3. The van der Waals surface area contributed by atoms with Crippen molar-refractivity contribution in [2.75, 3.05) is 20.3 Å². The Morgan fingerprint density at radius 2 is 2.00 bits per heavy atom. The van der Waals surface area contributed by atoms with Crippen molar-refractivity contribution in [2.45, 2.75) is 32.2 Å². The van der Waals surface area contributed by atoms with Gasteiger partial charge >= 0.3 is 0 Å². The fourth-order valence-electron chi connectivity index (χ4n) is 1.79. The molecule has 4 heteroatoms. The molecule has 0 saturated carbocycles. The largest absolute Gasteiger partial charge is 0.494 e. The van der Waals surface area contributed by atoms with E-state index in [2.05, 4.69) is 5.32 Å². The van der Waals surface area contributed by atoms with Crippen molar-refractivity contribution >= 4 is 0 Å². The van der Waals surface area contributed by atoms with Crippen LogP contribution in [0.3, 0.4) is 0 Å². The van der Waals surface area contributed by atoms with Gasteiger partial charge in [-0.25, -0.2) is 4.39 Å². The Bertz CT molecular complexity index is 345. The zero-order chi connectivity index (χ0) is 13.2. The van der Waals surface area contributed by atoms with Gasteiger partial charge in [-0.15, -0.1) is 0 Å². The molecular formula is C14H22FNO2. The molecule has 0 aromatic heterocycles. The van der Waals surface area contributed by atoms with E-state index >= 15 is 0 Å². The van der Waals surface area contributed by atoms with E-state index in [1.165, 1.54) is 7.11 Å². The first-order chi connectivity index (χ1) is 8.79. The van der Waals surface area contributed by atoms with Gasteiger partial charge in [0.05, 0.1) is 7.11 Å². The maximum atomic E-state index is 13.8. The van der Waals surface area contributed by atoms with Gasteiger partial charge in [-0.2, -0.15) is 0 Å². The minimum absolute atomic E-state index is 0.266. The molecule has 0 aliphatic heterocycles. The van der Waals surface area contributed by atoms with Crippen molar-refractivity contribution in [3.05, 3.63) is 29.6 Å². The van der Waals surface area contributed by atoms with E-state index in [1.54, 1.807) is 18.2 Å². The first-order valence-electron chi connectivity index (χ1n) is 6.42. The van der Waals surface area contributed by atoms with Gasteiger partial charge in [0, 0.05) is 18.7 Å². The van der Waals surface area contributed by atoms with Gasteiger partial charge in [0.15, 0.2) is 11.6 Å². The Balaban J connectivity index is 2.23. The lowest BCUT2D eigenvalue weighted by molar-refractivity contribution is 0.282. The van der Waals surface area contributed by atoms with Crippen LogP contribution in [0.15, 0.2) is 18.2 Å². The molecule has 0 spiro atoms. The highest BCUT2D eigenvalue weighted by Gasteiger charge is 2.07. The molecule has 0 unspecified atom stereocenters. The number of hydrogen-bond acceptors (Lipinski definition) is 3. The monoisotopic (exact) mass is 255 g/mol. The first-order valence-corrected chi connectivity index (χ1v) is 6.42. The van der Waals surface area contributed by atoms with E-state index in [0.29, 0.717) is 12.1 Å². The average molecular weight is 255 g/mol. The fourth-order valence-corrected chi connectivity index (χ4v) is 1.79. The Morgan fingerprint density at radius 3 is 2.72 bits per heavy atom. The number of halogens is 1. The number of nitrogens with one attached hydrogen (secondary N) is 1. The molecule has 2 N–H and O–H groups in total. The van der Waals surface area contributed by atoms with Crippen molar-refractivity contribution in [1.82, 2.24) is 5.32 Å². The van der Waals surface area contributed by atoms with Crippen molar-refractivity contribution in [3.63, 3.8) is 0 Å². The van der Waals surface area contributed by atoms with Gasteiger partial charge in [0.2, 0.25) is 0 Å². The second-order valence-electron chi connectivity index (χ2n) is 4.25. The molecule has 18 heavy (non-hydrogen) atoms. The van der Waals surface area contributed by atoms with Crippen LogP contribution >= 0.6 is 0 Å². The number of methoxy groups -OCH3 is 1. The molecule has 3 nitrogen and oxygen atoms in total. The summed E-state index contributed by atoms with van der Waals surface area (Å²) in [5.74, 6) is 0.00465.